The van der Waals surface area contributed by atoms with Crippen LogP contribution in [-0.2, 0) is 6.54 Å². The Balaban J connectivity index is 2.28. The number of hydrogen-bond acceptors (Lipinski definition) is 3. The van der Waals surface area contributed by atoms with Crippen LogP contribution in [0.5, 0.6) is 11.6 Å². The lowest BCUT2D eigenvalue weighted by Gasteiger charge is -2.12. The van der Waals surface area contributed by atoms with Crippen molar-refractivity contribution in [3.8, 4) is 11.6 Å². The molecule has 0 spiro atoms. The van der Waals surface area contributed by atoms with E-state index in [1.165, 1.54) is 0 Å². The maximum atomic E-state index is 6.15. The highest BCUT2D eigenvalue weighted by molar-refractivity contribution is 9.10. The molecule has 0 aliphatic carbocycles. The van der Waals surface area contributed by atoms with Crippen molar-refractivity contribution in [2.45, 2.75) is 13.5 Å². The average molecular weight is 376 g/mol. The topological polar surface area (TPSA) is 34.2 Å². The van der Waals surface area contributed by atoms with Crippen molar-refractivity contribution < 1.29 is 4.74 Å². The van der Waals surface area contributed by atoms with E-state index in [0.29, 0.717) is 28.2 Å². The number of hydrogen-bond donors (Lipinski definition) is 1. The van der Waals surface area contributed by atoms with E-state index in [2.05, 4.69) is 26.2 Å². The third-order valence-corrected chi connectivity index (χ3v) is 4.09. The molecule has 0 saturated carbocycles. The van der Waals surface area contributed by atoms with Gasteiger partial charge < -0.3 is 10.1 Å². The van der Waals surface area contributed by atoms with Gasteiger partial charge in [0.25, 0.3) is 0 Å². The molecule has 0 atom stereocenters. The van der Waals surface area contributed by atoms with Gasteiger partial charge in [-0.05, 0) is 34.6 Å². The number of nitrogens with one attached hydrogen (secondary N) is 1. The lowest BCUT2D eigenvalue weighted by Crippen LogP contribution is -2.12. The van der Waals surface area contributed by atoms with Gasteiger partial charge in [0.2, 0.25) is 5.88 Å². The summed E-state index contributed by atoms with van der Waals surface area (Å²) in [7, 11) is 0. The van der Waals surface area contributed by atoms with Crippen LogP contribution < -0.4 is 10.1 Å². The molecular formula is C14H13BrCl2N2O. The predicted molar refractivity (Wildman–Crippen MR) is 85.9 cm³/mol. The first kappa shape index (κ1) is 15.6. The molecule has 106 valence electrons. The second-order valence-corrected chi connectivity index (χ2v) is 5.72. The monoisotopic (exact) mass is 374 g/mol. The van der Waals surface area contributed by atoms with Crippen LogP contribution in [0.1, 0.15) is 12.5 Å². The van der Waals surface area contributed by atoms with Crippen LogP contribution in [0.2, 0.25) is 10.0 Å². The van der Waals surface area contributed by atoms with Crippen molar-refractivity contribution in [1.29, 1.82) is 0 Å². The molecule has 0 aliphatic rings. The van der Waals surface area contributed by atoms with Crippen LogP contribution in [0, 0.1) is 0 Å². The van der Waals surface area contributed by atoms with Crippen LogP contribution in [-0.4, -0.2) is 11.5 Å². The molecule has 0 radical (unpaired) electrons. The summed E-state index contributed by atoms with van der Waals surface area (Å²) in [5.74, 6) is 1.00. The number of rotatable bonds is 5. The Kier molecular flexibility index (Phi) is 5.66. The Labute approximate surface area is 136 Å². The second kappa shape index (κ2) is 7.27. The van der Waals surface area contributed by atoms with Crippen LogP contribution in [0.15, 0.2) is 34.9 Å². The largest absolute Gasteiger partial charge is 0.437 e. The molecule has 2 rings (SSSR count). The third-order valence-electron chi connectivity index (χ3n) is 2.60. The third kappa shape index (κ3) is 3.85. The fraction of sp³-hybridized carbons (Fsp3) is 0.214. The van der Waals surface area contributed by atoms with Crippen molar-refractivity contribution in [3.63, 3.8) is 0 Å². The Morgan fingerprint density at radius 1 is 1.30 bits per heavy atom. The summed E-state index contributed by atoms with van der Waals surface area (Å²) in [4.78, 5) is 4.24. The summed E-state index contributed by atoms with van der Waals surface area (Å²) < 4.78 is 6.51. The molecule has 0 unspecified atom stereocenters. The summed E-state index contributed by atoms with van der Waals surface area (Å²) >= 11 is 15.5. The highest BCUT2D eigenvalue weighted by Crippen LogP contribution is 2.36. The van der Waals surface area contributed by atoms with E-state index < -0.39 is 0 Å². The number of benzene rings is 1. The average Bonchev–Trinajstić information content (AvgIpc) is 2.44. The molecule has 1 N–H and O–H groups in total. The second-order valence-electron chi connectivity index (χ2n) is 4.05. The summed E-state index contributed by atoms with van der Waals surface area (Å²) in [6.07, 6.45) is 1.68. The van der Waals surface area contributed by atoms with Gasteiger partial charge in [-0.25, -0.2) is 4.98 Å². The van der Waals surface area contributed by atoms with Crippen molar-refractivity contribution in [2.75, 3.05) is 6.54 Å². The highest BCUT2D eigenvalue weighted by Gasteiger charge is 2.11. The number of halogens is 3. The molecule has 1 heterocycles. The smallest absolute Gasteiger partial charge is 0.223 e. The summed E-state index contributed by atoms with van der Waals surface area (Å²) in [5.41, 5.74) is 0.962. The lowest BCUT2D eigenvalue weighted by molar-refractivity contribution is 0.453. The minimum absolute atomic E-state index is 0.473. The number of nitrogens with zero attached hydrogens (tertiary/aromatic N) is 1. The number of ether oxygens (including phenoxy) is 1. The van der Waals surface area contributed by atoms with E-state index in [1.807, 2.05) is 19.1 Å². The first-order valence-electron chi connectivity index (χ1n) is 6.08. The van der Waals surface area contributed by atoms with Gasteiger partial charge in [0.1, 0.15) is 5.75 Å². The number of pyridine rings is 1. The van der Waals surface area contributed by atoms with Gasteiger partial charge in [-0.3, -0.25) is 0 Å². The highest BCUT2D eigenvalue weighted by atomic mass is 79.9. The fourth-order valence-corrected chi connectivity index (χ4v) is 2.43. The molecule has 0 bridgehead atoms. The van der Waals surface area contributed by atoms with Crippen LogP contribution >= 0.6 is 39.1 Å². The zero-order chi connectivity index (χ0) is 14.5. The zero-order valence-electron chi connectivity index (χ0n) is 10.8. The Bertz CT molecular complexity index is 608. The normalized spacial score (nSPS) is 10.6. The first-order valence-corrected chi connectivity index (χ1v) is 7.63. The Morgan fingerprint density at radius 3 is 2.85 bits per heavy atom. The van der Waals surface area contributed by atoms with Crippen molar-refractivity contribution in [2.24, 2.45) is 0 Å². The fourth-order valence-electron chi connectivity index (χ4n) is 1.60. The van der Waals surface area contributed by atoms with Gasteiger partial charge in [0, 0.05) is 28.8 Å². The molecule has 0 aliphatic heterocycles. The minimum Gasteiger partial charge on any atom is -0.437 e. The SMILES string of the molecule is CCNCc1cccnc1Oc1cc(Cl)c(Br)cc1Cl. The molecule has 1 aromatic carbocycles. The molecular weight excluding hydrogens is 363 g/mol. The summed E-state index contributed by atoms with van der Waals surface area (Å²) in [6.45, 7) is 3.60. The number of aromatic nitrogens is 1. The van der Waals surface area contributed by atoms with E-state index in [9.17, 15) is 0 Å². The van der Waals surface area contributed by atoms with Gasteiger partial charge in [-0.1, -0.05) is 36.2 Å². The molecule has 0 saturated heterocycles. The maximum absolute atomic E-state index is 6.15. The van der Waals surface area contributed by atoms with Crippen LogP contribution in [0.4, 0.5) is 0 Å². The Hall–Kier alpha value is -0.810. The predicted octanol–water partition coefficient (Wildman–Crippen LogP) is 5.05. The van der Waals surface area contributed by atoms with Crippen LogP contribution in [0.25, 0.3) is 0 Å². The minimum atomic E-state index is 0.473. The molecule has 2 aromatic rings. The van der Waals surface area contributed by atoms with Gasteiger partial charge in [0.05, 0.1) is 10.0 Å². The van der Waals surface area contributed by atoms with Gasteiger partial charge in [0.15, 0.2) is 0 Å². The van der Waals surface area contributed by atoms with Gasteiger partial charge >= 0.3 is 0 Å². The quantitative estimate of drug-likeness (QED) is 0.742. The van der Waals surface area contributed by atoms with Crippen molar-refractivity contribution in [3.05, 3.63) is 50.5 Å². The van der Waals surface area contributed by atoms with E-state index in [1.54, 1.807) is 18.3 Å². The van der Waals surface area contributed by atoms with E-state index >= 15 is 0 Å². The van der Waals surface area contributed by atoms with Crippen LogP contribution in [0.3, 0.4) is 0 Å². The summed E-state index contributed by atoms with van der Waals surface area (Å²) in [5, 5.41) is 4.25. The Morgan fingerprint density at radius 2 is 2.10 bits per heavy atom. The standard InChI is InChI=1S/C14H13BrCl2N2O/c1-2-18-8-9-4-3-5-19-14(9)20-13-7-11(16)10(15)6-12(13)17/h3-7,18H,2,8H2,1H3. The molecule has 6 heteroatoms. The molecule has 0 fully saturated rings. The van der Waals surface area contributed by atoms with Gasteiger partial charge in [-0.15, -0.1) is 0 Å². The van der Waals surface area contributed by atoms with E-state index in [4.69, 9.17) is 27.9 Å². The van der Waals surface area contributed by atoms with Crippen molar-refractivity contribution >= 4 is 39.1 Å². The lowest BCUT2D eigenvalue weighted by atomic mass is 10.2. The first-order chi connectivity index (χ1) is 9.61. The molecule has 0 amide bonds. The van der Waals surface area contributed by atoms with E-state index in [0.717, 1.165) is 16.6 Å². The molecule has 1 aromatic heterocycles. The van der Waals surface area contributed by atoms with Gasteiger partial charge in [-0.2, -0.15) is 0 Å². The van der Waals surface area contributed by atoms with Crippen molar-refractivity contribution in [1.82, 2.24) is 10.3 Å². The van der Waals surface area contributed by atoms with E-state index in [-0.39, 0.29) is 0 Å². The molecule has 3 nitrogen and oxygen atoms in total. The zero-order valence-corrected chi connectivity index (χ0v) is 13.9. The summed E-state index contributed by atoms with van der Waals surface area (Å²) in [6, 6.07) is 7.20. The maximum Gasteiger partial charge on any atom is 0.223 e. The molecule has 20 heavy (non-hydrogen) atoms.